The summed E-state index contributed by atoms with van der Waals surface area (Å²) in [5, 5.41) is 3.91. The van der Waals surface area contributed by atoms with Crippen molar-refractivity contribution in [1.29, 1.82) is 0 Å². The zero-order chi connectivity index (χ0) is 10.9. The van der Waals surface area contributed by atoms with E-state index in [0.717, 1.165) is 38.1 Å². The van der Waals surface area contributed by atoms with Crippen LogP contribution >= 0.6 is 11.6 Å². The van der Waals surface area contributed by atoms with Gasteiger partial charge in [-0.15, -0.1) is 0 Å². The van der Waals surface area contributed by atoms with Crippen LogP contribution in [0.2, 0.25) is 5.15 Å². The lowest BCUT2D eigenvalue weighted by molar-refractivity contribution is 0.192. The second-order valence-corrected chi connectivity index (χ2v) is 3.69. The molecule has 15 heavy (non-hydrogen) atoms. The number of methoxy groups -OCH3 is 1. The first kappa shape index (κ1) is 12.4. The van der Waals surface area contributed by atoms with Crippen LogP contribution in [0.5, 0.6) is 0 Å². The lowest BCUT2D eigenvalue weighted by Gasteiger charge is -2.05. The Morgan fingerprint density at radius 3 is 3.07 bits per heavy atom. The monoisotopic (exact) mass is 228 g/mol. The molecule has 0 spiro atoms. The van der Waals surface area contributed by atoms with Gasteiger partial charge in [0, 0.05) is 32.0 Å². The van der Waals surface area contributed by atoms with Gasteiger partial charge in [-0.25, -0.2) is 4.98 Å². The van der Waals surface area contributed by atoms with Crippen LogP contribution < -0.4 is 5.32 Å². The third-order valence-electron chi connectivity index (χ3n) is 2.10. The molecule has 0 aliphatic heterocycles. The highest BCUT2D eigenvalue weighted by Crippen LogP contribution is 2.10. The topological polar surface area (TPSA) is 34.1 Å². The molecule has 1 heterocycles. The Bertz CT molecular complexity index is 281. The average Bonchev–Trinajstić information content (AvgIpc) is 2.25. The smallest absolute Gasteiger partial charge is 0.133 e. The summed E-state index contributed by atoms with van der Waals surface area (Å²) < 4.78 is 4.97. The van der Waals surface area contributed by atoms with Crippen LogP contribution in [-0.2, 0) is 11.3 Å². The Balaban J connectivity index is 2.12. The van der Waals surface area contributed by atoms with Crippen molar-refractivity contribution >= 4 is 11.6 Å². The lowest BCUT2D eigenvalue weighted by Crippen LogP contribution is -2.15. The number of nitrogens with zero attached hydrogens (tertiary/aromatic N) is 1. The number of rotatable bonds is 7. The zero-order valence-corrected chi connectivity index (χ0v) is 9.76. The number of aromatic nitrogens is 1. The molecule has 0 bridgehead atoms. The van der Waals surface area contributed by atoms with Gasteiger partial charge in [0.25, 0.3) is 0 Å². The summed E-state index contributed by atoms with van der Waals surface area (Å²) in [7, 11) is 1.73. The van der Waals surface area contributed by atoms with E-state index < -0.39 is 0 Å². The molecule has 0 aliphatic carbocycles. The number of hydrogen-bond acceptors (Lipinski definition) is 3. The molecule has 0 aliphatic rings. The van der Waals surface area contributed by atoms with Gasteiger partial charge < -0.3 is 10.1 Å². The molecule has 0 unspecified atom stereocenters. The molecule has 1 aromatic heterocycles. The molecule has 3 nitrogen and oxygen atoms in total. The minimum absolute atomic E-state index is 0.585. The van der Waals surface area contributed by atoms with Crippen molar-refractivity contribution in [1.82, 2.24) is 10.3 Å². The normalized spacial score (nSPS) is 10.5. The number of hydrogen-bond donors (Lipinski definition) is 1. The number of unbranched alkanes of at least 4 members (excludes halogenated alkanes) is 1. The van der Waals surface area contributed by atoms with Gasteiger partial charge in [-0.2, -0.15) is 0 Å². The summed E-state index contributed by atoms with van der Waals surface area (Å²) in [5.41, 5.74) is 1.05. The van der Waals surface area contributed by atoms with E-state index in [1.54, 1.807) is 13.3 Å². The highest BCUT2D eigenvalue weighted by molar-refractivity contribution is 6.30. The van der Waals surface area contributed by atoms with E-state index in [2.05, 4.69) is 10.3 Å². The van der Waals surface area contributed by atoms with Crippen LogP contribution in [0.3, 0.4) is 0 Å². The summed E-state index contributed by atoms with van der Waals surface area (Å²) >= 11 is 5.92. The highest BCUT2D eigenvalue weighted by Gasteiger charge is 1.98. The standard InChI is InChI=1S/C11H17ClN2O/c1-15-8-3-2-6-13-9-10-5-4-7-14-11(10)12/h4-5,7,13H,2-3,6,8-9H2,1H3. The van der Waals surface area contributed by atoms with Crippen molar-refractivity contribution in [3.05, 3.63) is 29.0 Å². The Morgan fingerprint density at radius 2 is 2.33 bits per heavy atom. The lowest BCUT2D eigenvalue weighted by atomic mass is 10.2. The molecule has 0 radical (unpaired) electrons. The maximum absolute atomic E-state index is 5.92. The van der Waals surface area contributed by atoms with Crippen molar-refractivity contribution < 1.29 is 4.74 Å². The van der Waals surface area contributed by atoms with E-state index in [1.807, 2.05) is 12.1 Å². The summed E-state index contributed by atoms with van der Waals surface area (Å²) in [5.74, 6) is 0. The SMILES string of the molecule is COCCCCNCc1cccnc1Cl. The molecule has 1 N–H and O–H groups in total. The van der Waals surface area contributed by atoms with Crippen molar-refractivity contribution in [2.45, 2.75) is 19.4 Å². The number of nitrogens with one attached hydrogen (secondary N) is 1. The van der Waals surface area contributed by atoms with Crippen molar-refractivity contribution in [3.8, 4) is 0 Å². The van der Waals surface area contributed by atoms with Gasteiger partial charge in [-0.1, -0.05) is 17.7 Å². The van der Waals surface area contributed by atoms with Gasteiger partial charge in [-0.3, -0.25) is 0 Å². The predicted octanol–water partition coefficient (Wildman–Crippen LogP) is 2.25. The molecular weight excluding hydrogens is 212 g/mol. The molecule has 1 rings (SSSR count). The predicted molar refractivity (Wildman–Crippen MR) is 62.1 cm³/mol. The summed E-state index contributed by atoms with van der Waals surface area (Å²) in [6.07, 6.45) is 3.90. The number of halogens is 1. The van der Waals surface area contributed by atoms with E-state index in [0.29, 0.717) is 5.15 Å². The second kappa shape index (κ2) is 7.63. The first-order valence-electron chi connectivity index (χ1n) is 5.13. The van der Waals surface area contributed by atoms with Crippen LogP contribution in [0.1, 0.15) is 18.4 Å². The molecule has 0 aromatic carbocycles. The first-order chi connectivity index (χ1) is 7.34. The molecule has 84 valence electrons. The Labute approximate surface area is 95.8 Å². The molecule has 0 saturated heterocycles. The van der Waals surface area contributed by atoms with Crippen LogP contribution in [0.15, 0.2) is 18.3 Å². The van der Waals surface area contributed by atoms with Gasteiger partial charge in [0.05, 0.1) is 0 Å². The summed E-state index contributed by atoms with van der Waals surface area (Å²) in [6.45, 7) is 2.59. The molecule has 4 heteroatoms. The van der Waals surface area contributed by atoms with Crippen LogP contribution in [-0.4, -0.2) is 25.2 Å². The van der Waals surface area contributed by atoms with Crippen LogP contribution in [0.4, 0.5) is 0 Å². The van der Waals surface area contributed by atoms with E-state index >= 15 is 0 Å². The van der Waals surface area contributed by atoms with Crippen molar-refractivity contribution in [3.63, 3.8) is 0 Å². The Kier molecular flexibility index (Phi) is 6.32. The highest BCUT2D eigenvalue weighted by atomic mass is 35.5. The first-order valence-corrected chi connectivity index (χ1v) is 5.51. The number of pyridine rings is 1. The molecule has 0 atom stereocenters. The fraction of sp³-hybridized carbons (Fsp3) is 0.545. The molecular formula is C11H17ClN2O. The zero-order valence-electron chi connectivity index (χ0n) is 9.00. The Hall–Kier alpha value is -0.640. The average molecular weight is 229 g/mol. The minimum atomic E-state index is 0.585. The maximum atomic E-state index is 5.92. The van der Waals surface area contributed by atoms with Gasteiger partial charge in [-0.05, 0) is 25.5 Å². The quantitative estimate of drug-likeness (QED) is 0.574. The van der Waals surface area contributed by atoms with E-state index in [1.165, 1.54) is 0 Å². The maximum Gasteiger partial charge on any atom is 0.133 e. The molecule has 0 amide bonds. The van der Waals surface area contributed by atoms with E-state index in [-0.39, 0.29) is 0 Å². The largest absolute Gasteiger partial charge is 0.385 e. The van der Waals surface area contributed by atoms with Gasteiger partial charge in [0.1, 0.15) is 5.15 Å². The molecule has 1 aromatic rings. The van der Waals surface area contributed by atoms with Gasteiger partial charge >= 0.3 is 0 Å². The third-order valence-corrected chi connectivity index (χ3v) is 2.44. The summed E-state index contributed by atoms with van der Waals surface area (Å²) in [6, 6.07) is 3.88. The third kappa shape index (κ3) is 5.11. The van der Waals surface area contributed by atoms with Gasteiger partial charge in [0.15, 0.2) is 0 Å². The fourth-order valence-electron chi connectivity index (χ4n) is 1.27. The van der Waals surface area contributed by atoms with Crippen molar-refractivity contribution in [2.75, 3.05) is 20.3 Å². The second-order valence-electron chi connectivity index (χ2n) is 3.33. The number of ether oxygens (including phenoxy) is 1. The van der Waals surface area contributed by atoms with Crippen molar-refractivity contribution in [2.24, 2.45) is 0 Å². The van der Waals surface area contributed by atoms with Gasteiger partial charge in [0.2, 0.25) is 0 Å². The molecule has 0 saturated carbocycles. The minimum Gasteiger partial charge on any atom is -0.385 e. The fourth-order valence-corrected chi connectivity index (χ4v) is 1.46. The molecule has 0 fully saturated rings. The van der Waals surface area contributed by atoms with Crippen LogP contribution in [0, 0.1) is 0 Å². The van der Waals surface area contributed by atoms with E-state index in [9.17, 15) is 0 Å². The summed E-state index contributed by atoms with van der Waals surface area (Å²) in [4.78, 5) is 4.01. The van der Waals surface area contributed by atoms with Crippen LogP contribution in [0.25, 0.3) is 0 Å². The van der Waals surface area contributed by atoms with E-state index in [4.69, 9.17) is 16.3 Å². The Morgan fingerprint density at radius 1 is 1.47 bits per heavy atom.